The SMILES string of the molecule is C=CC(=O)OC12CC3CC(C1)CC(C(=O)OC(CS(=O)(=O)O)(C(F)(F)F)C(F)(F)F)(C3)C2. The van der Waals surface area contributed by atoms with Crippen LogP contribution in [0.25, 0.3) is 0 Å². The number of esters is 2. The van der Waals surface area contributed by atoms with Gasteiger partial charge in [0.1, 0.15) is 11.4 Å². The van der Waals surface area contributed by atoms with Crippen molar-refractivity contribution in [3.63, 3.8) is 0 Å². The molecule has 2 atom stereocenters. The zero-order chi connectivity index (χ0) is 24.4. The van der Waals surface area contributed by atoms with Crippen LogP contribution in [0.1, 0.15) is 38.5 Å². The molecule has 32 heavy (non-hydrogen) atoms. The molecule has 182 valence electrons. The smallest absolute Gasteiger partial charge is 0.438 e. The van der Waals surface area contributed by atoms with Crippen LogP contribution >= 0.6 is 0 Å². The normalized spacial score (nSPS) is 32.5. The highest BCUT2D eigenvalue weighted by Gasteiger charge is 2.77. The molecule has 4 fully saturated rings. The second-order valence-electron chi connectivity index (χ2n) is 8.99. The highest BCUT2D eigenvalue weighted by atomic mass is 32.2. The van der Waals surface area contributed by atoms with Crippen molar-refractivity contribution in [1.82, 2.24) is 0 Å². The standard InChI is InChI=1S/C18H20F6O7S/c1-2-12(25)30-15-6-10-3-11(7-15)5-14(4-10,8-15)13(26)31-16(17(19,20)21,18(22,23)24)9-32(27,28)29/h2,10-11H,1,3-9H2,(H,27,28,29). The first kappa shape index (κ1) is 24.8. The van der Waals surface area contributed by atoms with E-state index in [9.17, 15) is 44.3 Å². The summed E-state index contributed by atoms with van der Waals surface area (Å²) in [6, 6.07) is 0. The van der Waals surface area contributed by atoms with Crippen LogP contribution in [-0.2, 0) is 29.2 Å². The molecule has 0 aromatic rings. The first-order chi connectivity index (χ1) is 14.4. The van der Waals surface area contributed by atoms with Gasteiger partial charge < -0.3 is 9.47 Å². The topological polar surface area (TPSA) is 107 Å². The average molecular weight is 494 g/mol. The van der Waals surface area contributed by atoms with Crippen molar-refractivity contribution in [2.45, 2.75) is 62.1 Å². The first-order valence-electron chi connectivity index (χ1n) is 9.53. The molecule has 0 aromatic heterocycles. The van der Waals surface area contributed by atoms with E-state index in [1.165, 1.54) is 0 Å². The summed E-state index contributed by atoms with van der Waals surface area (Å²) in [5.74, 6) is -6.29. The van der Waals surface area contributed by atoms with Gasteiger partial charge in [-0.3, -0.25) is 9.35 Å². The number of ether oxygens (including phenoxy) is 2. The van der Waals surface area contributed by atoms with Crippen molar-refractivity contribution in [1.29, 1.82) is 0 Å². The lowest BCUT2D eigenvalue weighted by Crippen LogP contribution is -2.66. The van der Waals surface area contributed by atoms with E-state index < -0.39 is 56.8 Å². The highest BCUT2D eigenvalue weighted by Crippen LogP contribution is 2.64. The van der Waals surface area contributed by atoms with E-state index in [-0.39, 0.29) is 43.9 Å². The van der Waals surface area contributed by atoms with Gasteiger partial charge in [0.15, 0.2) is 0 Å². The lowest BCUT2D eigenvalue weighted by molar-refractivity contribution is -0.364. The van der Waals surface area contributed by atoms with Crippen molar-refractivity contribution in [2.24, 2.45) is 17.3 Å². The molecule has 1 N–H and O–H groups in total. The maximum atomic E-state index is 13.6. The zero-order valence-corrected chi connectivity index (χ0v) is 17.3. The fraction of sp³-hybridized carbons (Fsp3) is 0.778. The first-order valence-corrected chi connectivity index (χ1v) is 11.1. The summed E-state index contributed by atoms with van der Waals surface area (Å²) in [6.07, 6.45) is -11.4. The number of alkyl halides is 6. The molecule has 7 nitrogen and oxygen atoms in total. The van der Waals surface area contributed by atoms with Crippen molar-refractivity contribution in [3.05, 3.63) is 12.7 Å². The molecule has 4 aliphatic rings. The van der Waals surface area contributed by atoms with Crippen molar-refractivity contribution in [3.8, 4) is 0 Å². The van der Waals surface area contributed by atoms with E-state index in [2.05, 4.69) is 11.3 Å². The fourth-order valence-corrected chi connectivity index (χ4v) is 6.68. The van der Waals surface area contributed by atoms with Crippen molar-refractivity contribution < 1.29 is 58.4 Å². The third-order valence-electron chi connectivity index (χ3n) is 6.49. The van der Waals surface area contributed by atoms with E-state index in [0.717, 1.165) is 6.08 Å². The molecule has 4 saturated carbocycles. The van der Waals surface area contributed by atoms with Crippen LogP contribution in [0.15, 0.2) is 12.7 Å². The quantitative estimate of drug-likeness (QED) is 0.261. The van der Waals surface area contributed by atoms with E-state index in [0.29, 0.717) is 6.42 Å². The molecular formula is C18H20F6O7S. The Morgan fingerprint density at radius 1 is 1.03 bits per heavy atom. The van der Waals surface area contributed by atoms with Crippen LogP contribution in [-0.4, -0.2) is 54.2 Å². The van der Waals surface area contributed by atoms with Gasteiger partial charge in [0.05, 0.1) is 5.41 Å². The fourth-order valence-electron chi connectivity index (χ4n) is 5.78. The van der Waals surface area contributed by atoms with E-state index in [1.54, 1.807) is 0 Å². The molecule has 0 amide bonds. The predicted octanol–water partition coefficient (Wildman–Crippen LogP) is 3.35. The molecule has 4 rings (SSSR count). The summed E-state index contributed by atoms with van der Waals surface area (Å²) in [5.41, 5.74) is -8.55. The van der Waals surface area contributed by atoms with E-state index in [1.807, 2.05) is 0 Å². The molecule has 0 spiro atoms. The van der Waals surface area contributed by atoms with Gasteiger partial charge in [-0.25, -0.2) is 4.79 Å². The summed E-state index contributed by atoms with van der Waals surface area (Å²) >= 11 is 0. The number of hydrogen-bond donors (Lipinski definition) is 1. The van der Waals surface area contributed by atoms with Gasteiger partial charge in [-0.1, -0.05) is 6.58 Å². The Kier molecular flexibility index (Phi) is 5.69. The molecule has 0 aromatic carbocycles. The molecule has 0 heterocycles. The number of halogens is 6. The minimum Gasteiger partial charge on any atom is -0.456 e. The molecular weight excluding hydrogens is 474 g/mol. The van der Waals surface area contributed by atoms with Crippen molar-refractivity contribution in [2.75, 3.05) is 5.75 Å². The zero-order valence-electron chi connectivity index (χ0n) is 16.5. The third kappa shape index (κ3) is 4.22. The van der Waals surface area contributed by atoms with E-state index >= 15 is 0 Å². The van der Waals surface area contributed by atoms with Gasteiger partial charge in [-0.15, -0.1) is 0 Å². The summed E-state index contributed by atoms with van der Waals surface area (Å²) in [5, 5.41) is 0. The van der Waals surface area contributed by atoms with Crippen LogP contribution < -0.4 is 0 Å². The molecule has 0 radical (unpaired) electrons. The maximum absolute atomic E-state index is 13.6. The summed E-state index contributed by atoms with van der Waals surface area (Å²) in [7, 11) is -5.88. The van der Waals surface area contributed by atoms with Crippen LogP contribution in [0, 0.1) is 17.3 Å². The Labute approximate surface area is 178 Å². The van der Waals surface area contributed by atoms with Gasteiger partial charge in [0, 0.05) is 12.5 Å². The molecule has 2 unspecified atom stereocenters. The highest BCUT2D eigenvalue weighted by molar-refractivity contribution is 7.85. The average Bonchev–Trinajstić information content (AvgIpc) is 2.56. The van der Waals surface area contributed by atoms with Gasteiger partial charge in [-0.2, -0.15) is 34.8 Å². The third-order valence-corrected chi connectivity index (χ3v) is 7.26. The number of hydrogen-bond acceptors (Lipinski definition) is 6. The summed E-state index contributed by atoms with van der Waals surface area (Å²) < 4.78 is 122. The number of rotatable bonds is 6. The molecule has 0 saturated heterocycles. The largest absolute Gasteiger partial charge is 0.456 e. The van der Waals surface area contributed by atoms with Gasteiger partial charge in [-0.05, 0) is 43.9 Å². The second kappa shape index (κ2) is 7.34. The second-order valence-corrected chi connectivity index (χ2v) is 10.4. The molecule has 4 bridgehead atoms. The maximum Gasteiger partial charge on any atom is 0.438 e. The summed E-state index contributed by atoms with van der Waals surface area (Å²) in [4.78, 5) is 24.7. The van der Waals surface area contributed by atoms with E-state index in [4.69, 9.17) is 9.29 Å². The Balaban J connectivity index is 2.01. The van der Waals surface area contributed by atoms with Crippen LogP contribution in [0.2, 0.25) is 0 Å². The van der Waals surface area contributed by atoms with Gasteiger partial charge >= 0.3 is 29.9 Å². The van der Waals surface area contributed by atoms with Crippen LogP contribution in [0.5, 0.6) is 0 Å². The number of carbonyl (C=O) groups is 2. The number of carbonyl (C=O) groups excluding carboxylic acids is 2. The predicted molar refractivity (Wildman–Crippen MR) is 93.5 cm³/mol. The Morgan fingerprint density at radius 2 is 1.53 bits per heavy atom. The summed E-state index contributed by atoms with van der Waals surface area (Å²) in [6.45, 7) is 3.25. The Hall–Kier alpha value is -1.83. The minimum absolute atomic E-state index is 0.0899. The lowest BCUT2D eigenvalue weighted by atomic mass is 9.48. The molecule has 14 heteroatoms. The minimum atomic E-state index is -6.40. The van der Waals surface area contributed by atoms with Gasteiger partial charge in [0.2, 0.25) is 0 Å². The molecule has 4 aliphatic carbocycles. The Morgan fingerprint density at radius 3 is 1.94 bits per heavy atom. The molecule has 0 aliphatic heterocycles. The van der Waals surface area contributed by atoms with Crippen molar-refractivity contribution >= 4 is 22.1 Å². The monoisotopic (exact) mass is 494 g/mol. The lowest BCUT2D eigenvalue weighted by Gasteiger charge is -2.60. The van der Waals surface area contributed by atoms with Crippen LogP contribution in [0.4, 0.5) is 26.3 Å². The van der Waals surface area contributed by atoms with Crippen LogP contribution in [0.3, 0.4) is 0 Å². The Bertz CT molecular complexity index is 895. The van der Waals surface area contributed by atoms with Gasteiger partial charge in [0.25, 0.3) is 10.1 Å².